The zero-order chi connectivity index (χ0) is 32.8. The Balaban J connectivity index is 1.34. The van der Waals surface area contributed by atoms with E-state index in [1.165, 1.54) is 19.2 Å². The number of rotatable bonds is 11. The third-order valence-corrected chi connectivity index (χ3v) is 7.78. The topological polar surface area (TPSA) is 112 Å². The number of nitriles is 1. The van der Waals surface area contributed by atoms with E-state index in [2.05, 4.69) is 21.7 Å². The van der Waals surface area contributed by atoms with E-state index in [0.717, 1.165) is 39.1 Å². The van der Waals surface area contributed by atoms with E-state index in [0.29, 0.717) is 42.3 Å². The Labute approximate surface area is 270 Å². The molecule has 3 heterocycles. The van der Waals surface area contributed by atoms with E-state index in [9.17, 15) is 9.18 Å². The minimum Gasteiger partial charge on any atom is -0.473 e. The van der Waals surface area contributed by atoms with Crippen LogP contribution in [0.3, 0.4) is 0 Å². The number of esters is 1. The average molecular weight is 628 g/mol. The lowest BCUT2D eigenvalue weighted by atomic mass is 9.95. The van der Waals surface area contributed by atoms with Gasteiger partial charge in [-0.05, 0) is 59.7 Å². The van der Waals surface area contributed by atoms with Gasteiger partial charge in [-0.3, -0.25) is 4.98 Å². The third-order valence-electron chi connectivity index (χ3n) is 7.78. The number of nitrogens with zero attached hydrogens (tertiary/aromatic N) is 5. The quantitative estimate of drug-likeness (QED) is 0.145. The fourth-order valence-corrected chi connectivity index (χ4v) is 5.38. The van der Waals surface area contributed by atoms with Gasteiger partial charge in [-0.25, -0.2) is 19.2 Å². The molecule has 0 spiro atoms. The number of hydrogen-bond acceptors (Lipinski definition) is 8. The molecule has 0 amide bonds. The number of aromatic nitrogens is 4. The predicted molar refractivity (Wildman–Crippen MR) is 174 cm³/mol. The average Bonchev–Trinajstić information content (AvgIpc) is 3.46. The minimum atomic E-state index is -0.503. The second-order valence-electron chi connectivity index (χ2n) is 10.7. The Morgan fingerprint density at radius 1 is 0.936 bits per heavy atom. The molecule has 0 fully saturated rings. The third kappa shape index (κ3) is 6.85. The van der Waals surface area contributed by atoms with E-state index in [-0.39, 0.29) is 12.2 Å². The van der Waals surface area contributed by atoms with E-state index in [1.54, 1.807) is 37.6 Å². The highest BCUT2D eigenvalue weighted by Crippen LogP contribution is 2.32. The maximum atomic E-state index is 14.4. The van der Waals surface area contributed by atoms with Gasteiger partial charge in [0, 0.05) is 55.2 Å². The minimum absolute atomic E-state index is 0.0287. The monoisotopic (exact) mass is 627 g/mol. The maximum absolute atomic E-state index is 14.4. The summed E-state index contributed by atoms with van der Waals surface area (Å²) in [6.45, 7) is 0.993. The number of hydrogen-bond donors (Lipinski definition) is 0. The molecule has 0 saturated heterocycles. The fraction of sp³-hybridized carbons (Fsp3) is 0.162. The van der Waals surface area contributed by atoms with Crippen molar-refractivity contribution in [2.24, 2.45) is 0 Å². The van der Waals surface area contributed by atoms with Gasteiger partial charge >= 0.3 is 5.97 Å². The molecule has 0 aliphatic rings. The van der Waals surface area contributed by atoms with Crippen LogP contribution in [-0.4, -0.2) is 46.3 Å². The Morgan fingerprint density at radius 3 is 2.57 bits per heavy atom. The first-order valence-electron chi connectivity index (χ1n) is 14.9. The van der Waals surface area contributed by atoms with Crippen LogP contribution in [0.1, 0.15) is 32.9 Å². The predicted octanol–water partition coefficient (Wildman–Crippen LogP) is 6.77. The van der Waals surface area contributed by atoms with E-state index >= 15 is 0 Å². The number of benzene rings is 3. The smallest absolute Gasteiger partial charge is 0.337 e. The first kappa shape index (κ1) is 31.1. The maximum Gasteiger partial charge on any atom is 0.337 e. The van der Waals surface area contributed by atoms with Gasteiger partial charge in [0.2, 0.25) is 5.88 Å². The summed E-state index contributed by atoms with van der Waals surface area (Å²) in [7, 11) is 3.01. The lowest BCUT2D eigenvalue weighted by Gasteiger charge is -2.14. The largest absolute Gasteiger partial charge is 0.473 e. The van der Waals surface area contributed by atoms with E-state index < -0.39 is 11.8 Å². The molecule has 0 saturated carbocycles. The summed E-state index contributed by atoms with van der Waals surface area (Å²) < 4.78 is 32.7. The molecule has 6 aromatic rings. The second-order valence-corrected chi connectivity index (χ2v) is 10.7. The Kier molecular flexibility index (Phi) is 9.27. The van der Waals surface area contributed by atoms with Gasteiger partial charge in [0.05, 0.1) is 47.6 Å². The highest BCUT2D eigenvalue weighted by atomic mass is 19.1. The molecule has 0 atom stereocenters. The summed E-state index contributed by atoms with van der Waals surface area (Å²) in [4.78, 5) is 26.3. The molecule has 0 unspecified atom stereocenters. The molecule has 3 aromatic carbocycles. The summed E-state index contributed by atoms with van der Waals surface area (Å²) in [5.74, 6) is 0.250. The molecule has 0 aliphatic carbocycles. The highest BCUT2D eigenvalue weighted by molar-refractivity contribution is 5.93. The number of carbonyl (C=O) groups is 1. The second kappa shape index (κ2) is 14.0. The molecule has 234 valence electrons. The van der Waals surface area contributed by atoms with Gasteiger partial charge in [0.1, 0.15) is 18.2 Å². The van der Waals surface area contributed by atoms with Crippen molar-refractivity contribution in [2.45, 2.75) is 19.6 Å². The van der Waals surface area contributed by atoms with Crippen LogP contribution < -0.4 is 4.74 Å². The van der Waals surface area contributed by atoms with E-state index in [1.807, 2.05) is 48.7 Å². The molecule has 0 bridgehead atoms. The summed E-state index contributed by atoms with van der Waals surface area (Å²) in [5, 5.41) is 9.01. The van der Waals surface area contributed by atoms with Gasteiger partial charge in [-0.15, -0.1) is 0 Å². The van der Waals surface area contributed by atoms with Crippen molar-refractivity contribution in [2.75, 3.05) is 20.8 Å². The number of methoxy groups -OCH3 is 2. The Hall–Kier alpha value is -5.92. The first-order valence-corrected chi connectivity index (χ1v) is 14.9. The standard InChI is InChI=1S/C37H30FN5O4/c1-45-16-15-43-34-19-27(37(44)46-2)12-13-33(34)41-35(43)20-25-10-11-26(18-30(25)28-5-4-14-40-22-28)32-6-3-7-36(42-32)47-23-29-9-8-24(21-39)17-31(29)38/h3-14,17-19,22H,15-16,20,23H2,1-2H3. The fourth-order valence-electron chi connectivity index (χ4n) is 5.38. The van der Waals surface area contributed by atoms with Gasteiger partial charge in [0.25, 0.3) is 0 Å². The molecule has 9 nitrogen and oxygen atoms in total. The highest BCUT2D eigenvalue weighted by Gasteiger charge is 2.17. The number of pyridine rings is 2. The van der Waals surface area contributed by atoms with Crippen molar-refractivity contribution < 1.29 is 23.4 Å². The molecule has 0 radical (unpaired) electrons. The number of fused-ring (bicyclic) bond motifs is 1. The van der Waals surface area contributed by atoms with Gasteiger partial charge in [0.15, 0.2) is 0 Å². The molecule has 0 aliphatic heterocycles. The van der Waals surface area contributed by atoms with Gasteiger partial charge in [-0.1, -0.05) is 30.3 Å². The number of halogens is 1. The molecule has 10 heteroatoms. The number of imidazole rings is 1. The van der Waals surface area contributed by atoms with Crippen LogP contribution in [0.25, 0.3) is 33.4 Å². The zero-order valence-electron chi connectivity index (χ0n) is 25.8. The van der Waals surface area contributed by atoms with Crippen molar-refractivity contribution in [1.82, 2.24) is 19.5 Å². The van der Waals surface area contributed by atoms with Crippen LogP contribution in [0.4, 0.5) is 4.39 Å². The normalized spacial score (nSPS) is 10.9. The number of ether oxygens (including phenoxy) is 3. The van der Waals surface area contributed by atoms with Crippen LogP contribution in [0.2, 0.25) is 0 Å². The summed E-state index contributed by atoms with van der Waals surface area (Å²) in [6.07, 6.45) is 4.05. The molecular weight excluding hydrogens is 597 g/mol. The molecular formula is C37H30FN5O4. The number of carbonyl (C=O) groups excluding carboxylic acids is 1. The summed E-state index contributed by atoms with van der Waals surface area (Å²) in [5.41, 5.74) is 7.08. The Morgan fingerprint density at radius 2 is 1.81 bits per heavy atom. The van der Waals surface area contributed by atoms with Crippen LogP contribution >= 0.6 is 0 Å². The van der Waals surface area contributed by atoms with Crippen molar-refractivity contribution in [3.8, 4) is 34.3 Å². The van der Waals surface area contributed by atoms with Gasteiger partial charge in [-0.2, -0.15) is 5.26 Å². The molecule has 3 aromatic heterocycles. The molecule has 0 N–H and O–H groups in total. The summed E-state index contributed by atoms with van der Waals surface area (Å²) in [6, 6.07) is 27.0. The van der Waals surface area contributed by atoms with Crippen LogP contribution in [-0.2, 0) is 29.0 Å². The SMILES string of the molecule is COCCn1c(Cc2ccc(-c3cccc(OCc4ccc(C#N)cc4F)n3)cc2-c2cccnc2)nc2ccc(C(=O)OC)cc21. The first-order chi connectivity index (χ1) is 23.0. The lowest BCUT2D eigenvalue weighted by molar-refractivity contribution is 0.0601. The molecule has 47 heavy (non-hydrogen) atoms. The Bertz CT molecular complexity index is 2110. The van der Waals surface area contributed by atoms with Crippen molar-refractivity contribution in [3.05, 3.63) is 131 Å². The summed E-state index contributed by atoms with van der Waals surface area (Å²) >= 11 is 0. The van der Waals surface area contributed by atoms with Crippen LogP contribution in [0, 0.1) is 17.1 Å². The van der Waals surface area contributed by atoms with Crippen molar-refractivity contribution in [1.29, 1.82) is 5.26 Å². The van der Waals surface area contributed by atoms with Crippen LogP contribution in [0.5, 0.6) is 5.88 Å². The van der Waals surface area contributed by atoms with Gasteiger partial charge < -0.3 is 18.8 Å². The van der Waals surface area contributed by atoms with Crippen molar-refractivity contribution >= 4 is 17.0 Å². The zero-order valence-corrected chi connectivity index (χ0v) is 25.8. The van der Waals surface area contributed by atoms with E-state index in [4.69, 9.17) is 29.4 Å². The molecule has 6 rings (SSSR count). The van der Waals surface area contributed by atoms with Crippen LogP contribution in [0.15, 0.2) is 97.3 Å². The van der Waals surface area contributed by atoms with Crippen molar-refractivity contribution in [3.63, 3.8) is 0 Å². The lowest BCUT2D eigenvalue weighted by Crippen LogP contribution is -2.10.